The molecular weight excluding hydrogens is 218 g/mol. The number of benzene rings is 1. The van der Waals surface area contributed by atoms with Crippen LogP contribution in [0, 0.1) is 6.92 Å². The average Bonchev–Trinajstić information content (AvgIpc) is 2.73. The van der Waals surface area contributed by atoms with Crippen LogP contribution in [-0.2, 0) is 0 Å². The largest absolute Gasteiger partial charge is 0.280 e. The van der Waals surface area contributed by atoms with Crippen molar-refractivity contribution in [3.05, 3.63) is 47.0 Å². The zero-order valence-electron chi connectivity index (χ0n) is 9.97. The highest BCUT2D eigenvalue weighted by molar-refractivity contribution is 5.85. The van der Waals surface area contributed by atoms with Gasteiger partial charge in [0, 0.05) is 6.04 Å². The molecule has 1 nitrogen and oxygen atoms in total. The summed E-state index contributed by atoms with van der Waals surface area (Å²) in [6, 6.07) is 8.37. The molecule has 16 heavy (non-hydrogen) atoms. The summed E-state index contributed by atoms with van der Waals surface area (Å²) in [4.78, 5) is 2.59. The molecule has 0 saturated heterocycles. The van der Waals surface area contributed by atoms with Gasteiger partial charge in [0.25, 0.3) is 0 Å². The maximum absolute atomic E-state index is 2.59. The van der Waals surface area contributed by atoms with Gasteiger partial charge in [-0.1, -0.05) is 30.4 Å². The number of hydrogen-bond acceptors (Lipinski definition) is 1. The molecule has 0 aliphatic carbocycles. The molecule has 0 spiro atoms. The van der Waals surface area contributed by atoms with E-state index in [0.717, 1.165) is 0 Å². The van der Waals surface area contributed by atoms with Gasteiger partial charge >= 0.3 is 0 Å². The Bertz CT molecular complexity index is 436. The number of rotatable bonds is 1. The van der Waals surface area contributed by atoms with E-state index < -0.39 is 0 Å². The highest BCUT2D eigenvalue weighted by Crippen LogP contribution is 2.50. The zero-order valence-corrected chi connectivity index (χ0v) is 10.8. The van der Waals surface area contributed by atoms with Gasteiger partial charge in [0.15, 0.2) is 0 Å². The van der Waals surface area contributed by atoms with Crippen LogP contribution < -0.4 is 0 Å². The normalized spacial score (nSPS) is 26.0. The quantitative estimate of drug-likeness (QED) is 0.670. The number of nitrogens with zero attached hydrogens (tertiary/aromatic N) is 1. The summed E-state index contributed by atoms with van der Waals surface area (Å²) in [6.07, 6.45) is 4.71. The highest BCUT2D eigenvalue weighted by Gasteiger charge is 2.41. The predicted octanol–water partition coefficient (Wildman–Crippen LogP) is 3.79. The van der Waals surface area contributed by atoms with Crippen molar-refractivity contribution in [3.63, 3.8) is 0 Å². The molecule has 1 aromatic rings. The monoisotopic (exact) mass is 235 g/mol. The standard InChI is InChI=1S/C14H17N.ClH/c1-9(2)15-12-7-8-13(15)14-10(3)5-4-6-11(12)14;/h4-9,12-13H,1-3H3;1H. The fourth-order valence-electron chi connectivity index (χ4n) is 3.10. The molecule has 0 amide bonds. The Kier molecular flexibility index (Phi) is 2.85. The molecule has 0 aromatic heterocycles. The van der Waals surface area contributed by atoms with E-state index in [1.165, 1.54) is 11.1 Å². The Balaban J connectivity index is 0.000000963. The van der Waals surface area contributed by atoms with E-state index >= 15 is 0 Å². The minimum atomic E-state index is 0. The summed E-state index contributed by atoms with van der Waals surface area (Å²) in [5.74, 6) is 0. The van der Waals surface area contributed by atoms with E-state index in [2.05, 4.69) is 56.0 Å². The molecule has 2 heterocycles. The summed E-state index contributed by atoms with van der Waals surface area (Å²) in [7, 11) is 0. The number of fused-ring (bicyclic) bond motifs is 5. The minimum absolute atomic E-state index is 0. The second-order valence-electron chi connectivity index (χ2n) is 4.89. The molecule has 2 aliphatic rings. The van der Waals surface area contributed by atoms with Crippen LogP contribution in [-0.4, -0.2) is 10.9 Å². The first kappa shape index (κ1) is 11.7. The molecule has 86 valence electrons. The van der Waals surface area contributed by atoms with Crippen molar-refractivity contribution < 1.29 is 0 Å². The van der Waals surface area contributed by atoms with Crippen molar-refractivity contribution in [2.24, 2.45) is 0 Å². The highest BCUT2D eigenvalue weighted by atomic mass is 35.5. The molecule has 2 heteroatoms. The predicted molar refractivity (Wildman–Crippen MR) is 70.0 cm³/mol. The molecule has 0 radical (unpaired) electrons. The lowest BCUT2D eigenvalue weighted by Crippen LogP contribution is -2.28. The fourth-order valence-corrected chi connectivity index (χ4v) is 3.10. The smallest absolute Gasteiger partial charge is 0.0549 e. The molecule has 2 aliphatic heterocycles. The van der Waals surface area contributed by atoms with Crippen molar-refractivity contribution in [3.8, 4) is 0 Å². The van der Waals surface area contributed by atoms with E-state index in [1.54, 1.807) is 5.56 Å². The van der Waals surface area contributed by atoms with Gasteiger partial charge in [-0.25, -0.2) is 0 Å². The molecule has 2 atom stereocenters. The van der Waals surface area contributed by atoms with E-state index in [4.69, 9.17) is 0 Å². The van der Waals surface area contributed by atoms with Crippen molar-refractivity contribution >= 4 is 12.4 Å². The van der Waals surface area contributed by atoms with Crippen LogP contribution >= 0.6 is 12.4 Å². The fraction of sp³-hybridized carbons (Fsp3) is 0.429. The molecule has 0 N–H and O–H groups in total. The summed E-state index contributed by atoms with van der Waals surface area (Å²) >= 11 is 0. The third kappa shape index (κ3) is 1.35. The Labute approximate surface area is 104 Å². The van der Waals surface area contributed by atoms with E-state index in [9.17, 15) is 0 Å². The van der Waals surface area contributed by atoms with Crippen LogP contribution in [0.1, 0.15) is 42.6 Å². The van der Waals surface area contributed by atoms with Gasteiger partial charge in [-0.3, -0.25) is 4.90 Å². The van der Waals surface area contributed by atoms with Gasteiger partial charge in [-0.2, -0.15) is 0 Å². The lowest BCUT2D eigenvalue weighted by Gasteiger charge is -2.26. The van der Waals surface area contributed by atoms with Gasteiger partial charge < -0.3 is 0 Å². The van der Waals surface area contributed by atoms with Crippen LogP contribution in [0.3, 0.4) is 0 Å². The first-order valence-electron chi connectivity index (χ1n) is 5.75. The Morgan fingerprint density at radius 3 is 2.44 bits per heavy atom. The number of hydrogen-bond donors (Lipinski definition) is 0. The van der Waals surface area contributed by atoms with Crippen LogP contribution in [0.5, 0.6) is 0 Å². The van der Waals surface area contributed by atoms with Crippen LogP contribution in [0.2, 0.25) is 0 Å². The van der Waals surface area contributed by atoms with E-state index in [1.807, 2.05) is 0 Å². The first-order valence-corrected chi connectivity index (χ1v) is 5.75. The summed E-state index contributed by atoms with van der Waals surface area (Å²) in [5.41, 5.74) is 4.52. The third-order valence-electron chi connectivity index (χ3n) is 3.69. The van der Waals surface area contributed by atoms with Gasteiger partial charge in [0.1, 0.15) is 0 Å². The van der Waals surface area contributed by atoms with E-state index in [0.29, 0.717) is 18.1 Å². The van der Waals surface area contributed by atoms with Gasteiger partial charge in [-0.05, 0) is 37.5 Å². The molecule has 0 saturated carbocycles. The maximum atomic E-state index is 2.59. The molecule has 1 aromatic carbocycles. The number of aryl methyl sites for hydroxylation is 1. The molecular formula is C14H18ClN. The zero-order chi connectivity index (χ0) is 10.6. The Morgan fingerprint density at radius 2 is 1.81 bits per heavy atom. The van der Waals surface area contributed by atoms with Crippen LogP contribution in [0.15, 0.2) is 30.4 Å². The lowest BCUT2D eigenvalue weighted by molar-refractivity contribution is 0.188. The summed E-state index contributed by atoms with van der Waals surface area (Å²) in [5, 5.41) is 0. The second-order valence-corrected chi connectivity index (χ2v) is 4.89. The number of halogens is 1. The van der Waals surface area contributed by atoms with Gasteiger partial charge in [0.2, 0.25) is 0 Å². The maximum Gasteiger partial charge on any atom is 0.0549 e. The molecule has 2 bridgehead atoms. The third-order valence-corrected chi connectivity index (χ3v) is 3.69. The Morgan fingerprint density at radius 1 is 1.12 bits per heavy atom. The lowest BCUT2D eigenvalue weighted by atomic mass is 9.93. The second kappa shape index (κ2) is 3.90. The van der Waals surface area contributed by atoms with E-state index in [-0.39, 0.29) is 12.4 Å². The topological polar surface area (TPSA) is 3.24 Å². The van der Waals surface area contributed by atoms with Crippen LogP contribution in [0.4, 0.5) is 0 Å². The molecule has 3 rings (SSSR count). The van der Waals surface area contributed by atoms with Crippen molar-refractivity contribution in [2.75, 3.05) is 0 Å². The van der Waals surface area contributed by atoms with Gasteiger partial charge in [0.05, 0.1) is 12.1 Å². The van der Waals surface area contributed by atoms with Gasteiger partial charge in [-0.15, -0.1) is 12.4 Å². The summed E-state index contributed by atoms with van der Waals surface area (Å²) < 4.78 is 0. The van der Waals surface area contributed by atoms with Crippen LogP contribution in [0.25, 0.3) is 0 Å². The Hall–Kier alpha value is -0.790. The minimum Gasteiger partial charge on any atom is -0.280 e. The van der Waals surface area contributed by atoms with Crippen molar-refractivity contribution in [2.45, 2.75) is 38.9 Å². The summed E-state index contributed by atoms with van der Waals surface area (Å²) in [6.45, 7) is 6.80. The molecule has 0 fully saturated rings. The molecule has 2 unspecified atom stereocenters. The first-order chi connectivity index (χ1) is 7.20. The van der Waals surface area contributed by atoms with Crippen molar-refractivity contribution in [1.82, 2.24) is 4.90 Å². The SMILES string of the molecule is Cc1cccc2c1C1C=CC2N1C(C)C.Cl. The van der Waals surface area contributed by atoms with Crippen molar-refractivity contribution in [1.29, 1.82) is 0 Å². The average molecular weight is 236 g/mol.